The van der Waals surface area contributed by atoms with Gasteiger partial charge in [0.15, 0.2) is 0 Å². The van der Waals surface area contributed by atoms with Crippen molar-refractivity contribution >= 4 is 58.2 Å². The molecular weight excluding hydrogens is 425 g/mol. The molecule has 0 saturated carbocycles. The number of hydrogen-bond acceptors (Lipinski definition) is 6. The summed E-state index contributed by atoms with van der Waals surface area (Å²) >= 11 is 12.9. The number of imide groups is 1. The zero-order valence-corrected chi connectivity index (χ0v) is 17.2. The number of ether oxygens (including phenoxy) is 1. The quantitative estimate of drug-likeness (QED) is 0.468. The van der Waals surface area contributed by atoms with Gasteiger partial charge in [0, 0.05) is 16.7 Å². The largest absolute Gasteiger partial charge is 0.462 e. The highest BCUT2D eigenvalue weighted by molar-refractivity contribution is 8.18. The Balaban J connectivity index is 1.78. The van der Waals surface area contributed by atoms with Crippen LogP contribution in [-0.4, -0.2) is 34.7 Å². The number of furan rings is 1. The van der Waals surface area contributed by atoms with E-state index in [2.05, 4.69) is 0 Å². The van der Waals surface area contributed by atoms with Crippen LogP contribution in [0.1, 0.15) is 19.6 Å². The molecule has 1 aliphatic heterocycles. The summed E-state index contributed by atoms with van der Waals surface area (Å²) in [4.78, 5) is 37.3. The summed E-state index contributed by atoms with van der Waals surface area (Å²) in [5, 5.41) is 0.433. The Morgan fingerprint density at radius 1 is 1.25 bits per heavy atom. The van der Waals surface area contributed by atoms with Gasteiger partial charge in [-0.25, -0.2) is 0 Å². The van der Waals surface area contributed by atoms with E-state index < -0.39 is 23.7 Å². The number of thioether (sulfide) groups is 1. The van der Waals surface area contributed by atoms with Crippen LogP contribution in [-0.2, 0) is 14.3 Å². The molecule has 9 heteroatoms. The molecule has 2 heterocycles. The number of esters is 1. The van der Waals surface area contributed by atoms with E-state index in [1.165, 1.54) is 6.08 Å². The van der Waals surface area contributed by atoms with Crippen molar-refractivity contribution in [2.24, 2.45) is 0 Å². The second-order valence-corrected chi connectivity index (χ2v) is 7.97. The minimum atomic E-state index is -0.644. The van der Waals surface area contributed by atoms with E-state index in [0.717, 1.165) is 16.7 Å². The van der Waals surface area contributed by atoms with Crippen molar-refractivity contribution in [2.45, 2.75) is 20.0 Å². The van der Waals surface area contributed by atoms with Gasteiger partial charge in [-0.2, -0.15) is 0 Å². The third-order valence-electron chi connectivity index (χ3n) is 3.62. The van der Waals surface area contributed by atoms with E-state index in [1.54, 1.807) is 44.2 Å². The van der Waals surface area contributed by atoms with Gasteiger partial charge in [0.2, 0.25) is 0 Å². The number of nitrogens with zero attached hydrogens (tertiary/aromatic N) is 1. The molecule has 28 heavy (non-hydrogen) atoms. The average molecular weight is 440 g/mol. The summed E-state index contributed by atoms with van der Waals surface area (Å²) in [5.74, 6) is -0.385. The van der Waals surface area contributed by atoms with E-state index in [9.17, 15) is 14.4 Å². The highest BCUT2D eigenvalue weighted by Gasteiger charge is 2.37. The molecule has 0 aliphatic carbocycles. The maximum atomic E-state index is 12.4. The van der Waals surface area contributed by atoms with Crippen LogP contribution in [0, 0.1) is 0 Å². The first-order chi connectivity index (χ1) is 13.2. The maximum absolute atomic E-state index is 12.4. The topological polar surface area (TPSA) is 76.8 Å². The van der Waals surface area contributed by atoms with E-state index in [1.807, 2.05) is 0 Å². The van der Waals surface area contributed by atoms with Crippen molar-refractivity contribution < 1.29 is 23.5 Å². The van der Waals surface area contributed by atoms with Gasteiger partial charge >= 0.3 is 5.97 Å². The second-order valence-electron chi connectivity index (χ2n) is 6.13. The van der Waals surface area contributed by atoms with Crippen LogP contribution in [0.2, 0.25) is 10.0 Å². The van der Waals surface area contributed by atoms with Crippen molar-refractivity contribution in [2.75, 3.05) is 6.54 Å². The molecule has 2 amide bonds. The molecule has 1 fully saturated rings. The third kappa shape index (κ3) is 4.60. The number of carbonyl (C=O) groups is 3. The lowest BCUT2D eigenvalue weighted by molar-refractivity contribution is -0.149. The predicted octanol–water partition coefficient (Wildman–Crippen LogP) is 5.24. The van der Waals surface area contributed by atoms with Crippen LogP contribution < -0.4 is 0 Å². The summed E-state index contributed by atoms with van der Waals surface area (Å²) in [6.45, 7) is 2.94. The number of hydrogen-bond donors (Lipinski definition) is 0. The molecule has 0 radical (unpaired) electrons. The zero-order chi connectivity index (χ0) is 20.4. The van der Waals surface area contributed by atoms with E-state index >= 15 is 0 Å². The van der Waals surface area contributed by atoms with Crippen LogP contribution in [0.5, 0.6) is 0 Å². The summed E-state index contributed by atoms with van der Waals surface area (Å²) in [6, 6.07) is 8.32. The third-order valence-corrected chi connectivity index (χ3v) is 5.09. The number of amides is 2. The molecule has 0 bridgehead atoms. The van der Waals surface area contributed by atoms with Crippen molar-refractivity contribution in [1.82, 2.24) is 4.90 Å². The highest BCUT2D eigenvalue weighted by atomic mass is 35.5. The van der Waals surface area contributed by atoms with Crippen molar-refractivity contribution in [1.29, 1.82) is 0 Å². The molecule has 3 rings (SSSR count). The van der Waals surface area contributed by atoms with E-state index in [0.29, 0.717) is 27.1 Å². The molecule has 2 aromatic rings. The molecule has 0 spiro atoms. The van der Waals surface area contributed by atoms with Crippen LogP contribution >= 0.6 is 35.0 Å². The summed E-state index contributed by atoms with van der Waals surface area (Å²) in [7, 11) is 0. The Morgan fingerprint density at radius 2 is 2.00 bits per heavy atom. The Labute approximate surface area is 175 Å². The first-order valence-electron chi connectivity index (χ1n) is 8.24. The number of benzene rings is 1. The lowest BCUT2D eigenvalue weighted by Gasteiger charge is -2.13. The summed E-state index contributed by atoms with van der Waals surface area (Å²) in [5.41, 5.74) is 0.610. The van der Waals surface area contributed by atoms with Crippen LogP contribution in [0.4, 0.5) is 4.79 Å². The number of rotatable bonds is 5. The highest BCUT2D eigenvalue weighted by Crippen LogP contribution is 2.35. The van der Waals surface area contributed by atoms with Gasteiger partial charge in [-0.3, -0.25) is 19.3 Å². The fraction of sp³-hybridized carbons (Fsp3) is 0.211. The van der Waals surface area contributed by atoms with Crippen LogP contribution in [0.25, 0.3) is 17.4 Å². The zero-order valence-electron chi connectivity index (χ0n) is 14.9. The van der Waals surface area contributed by atoms with Crippen molar-refractivity contribution in [3.63, 3.8) is 0 Å². The molecular formula is C19H15Cl2NO5S. The fourth-order valence-corrected chi connectivity index (χ4v) is 3.66. The second kappa shape index (κ2) is 8.43. The molecule has 146 valence electrons. The minimum absolute atomic E-state index is 0.153. The van der Waals surface area contributed by atoms with E-state index in [-0.39, 0.29) is 11.0 Å². The van der Waals surface area contributed by atoms with E-state index in [4.69, 9.17) is 32.4 Å². The molecule has 1 aromatic heterocycles. The van der Waals surface area contributed by atoms with Gasteiger partial charge in [0.25, 0.3) is 11.1 Å². The molecule has 1 aromatic carbocycles. The van der Waals surface area contributed by atoms with Crippen molar-refractivity contribution in [3.05, 3.63) is 51.0 Å². The summed E-state index contributed by atoms with van der Waals surface area (Å²) in [6.07, 6.45) is 1.11. The van der Waals surface area contributed by atoms with Crippen LogP contribution in [0.3, 0.4) is 0 Å². The van der Waals surface area contributed by atoms with Gasteiger partial charge in [-0.05, 0) is 55.9 Å². The maximum Gasteiger partial charge on any atom is 0.326 e. The molecule has 1 saturated heterocycles. The van der Waals surface area contributed by atoms with Crippen LogP contribution in [0.15, 0.2) is 39.7 Å². The first kappa shape index (κ1) is 20.5. The lowest BCUT2D eigenvalue weighted by atomic mass is 10.2. The average Bonchev–Trinajstić information content (AvgIpc) is 3.17. The van der Waals surface area contributed by atoms with Gasteiger partial charge in [0.1, 0.15) is 18.1 Å². The van der Waals surface area contributed by atoms with Crippen molar-refractivity contribution in [3.8, 4) is 11.3 Å². The van der Waals surface area contributed by atoms with Gasteiger partial charge < -0.3 is 9.15 Å². The molecule has 0 N–H and O–H groups in total. The van der Waals surface area contributed by atoms with Gasteiger partial charge in [-0.15, -0.1) is 0 Å². The first-order valence-corrected chi connectivity index (χ1v) is 9.82. The van der Waals surface area contributed by atoms with Gasteiger partial charge in [-0.1, -0.05) is 23.2 Å². The summed E-state index contributed by atoms with van der Waals surface area (Å²) < 4.78 is 10.7. The fourth-order valence-electron chi connectivity index (χ4n) is 2.46. The number of halogens is 2. The molecule has 0 atom stereocenters. The normalized spacial score (nSPS) is 15.8. The lowest BCUT2D eigenvalue weighted by Crippen LogP contribution is -2.35. The Hall–Kier alpha value is -2.22. The minimum Gasteiger partial charge on any atom is -0.462 e. The number of carbonyl (C=O) groups excluding carboxylic acids is 3. The Bertz CT molecular complexity index is 982. The van der Waals surface area contributed by atoms with Gasteiger partial charge in [0.05, 0.1) is 16.0 Å². The monoisotopic (exact) mass is 439 g/mol. The Kier molecular flexibility index (Phi) is 6.17. The molecule has 0 unspecified atom stereocenters. The smallest absolute Gasteiger partial charge is 0.326 e. The molecule has 6 nitrogen and oxygen atoms in total. The molecule has 1 aliphatic rings. The Morgan fingerprint density at radius 3 is 2.71 bits per heavy atom. The predicted molar refractivity (Wildman–Crippen MR) is 108 cm³/mol. The SMILES string of the molecule is CC(C)OC(=O)CN1C(=O)S/C(=C/c2ccc(-c3cc(Cl)ccc3Cl)o2)C1=O. The standard InChI is InChI=1S/C19H15Cl2NO5S/c1-10(2)26-17(23)9-22-18(24)16(28-19(22)25)8-12-4-6-15(27-12)13-7-11(20)3-5-14(13)21/h3-8,10H,9H2,1-2H3/b16-8+.